The number of aromatic nitrogens is 2. The van der Waals surface area contributed by atoms with Crippen molar-refractivity contribution in [1.29, 1.82) is 0 Å². The van der Waals surface area contributed by atoms with E-state index in [-0.39, 0.29) is 11.9 Å². The van der Waals surface area contributed by atoms with Crippen LogP contribution in [0.25, 0.3) is 0 Å². The summed E-state index contributed by atoms with van der Waals surface area (Å²) < 4.78 is 7.18. The first-order valence-electron chi connectivity index (χ1n) is 7.86. The lowest BCUT2D eigenvalue weighted by Gasteiger charge is -2.22. The summed E-state index contributed by atoms with van der Waals surface area (Å²) in [6.07, 6.45) is 2.09. The highest BCUT2D eigenvalue weighted by atomic mass is 32.2. The van der Waals surface area contributed by atoms with Gasteiger partial charge in [-0.15, -0.1) is 0 Å². The first-order valence-corrected chi connectivity index (χ1v) is 8.90. The van der Waals surface area contributed by atoms with E-state index in [2.05, 4.69) is 11.9 Å². The minimum absolute atomic E-state index is 0.00664. The summed E-state index contributed by atoms with van der Waals surface area (Å²) >= 11 is 1.69. The van der Waals surface area contributed by atoms with Gasteiger partial charge in [-0.2, -0.15) is 11.8 Å². The number of aliphatic hydroxyl groups excluding tert-OH is 2. The molecular formula is C15H24N2O5S. The molecule has 1 fully saturated rings. The molecule has 1 aliphatic rings. The predicted octanol–water partition coefficient (Wildman–Crippen LogP) is 0.388. The Balaban J connectivity index is 2.20. The molecule has 1 aromatic heterocycles. The number of aliphatic hydroxyl groups is 2. The monoisotopic (exact) mass is 344 g/mol. The number of H-pyrrole nitrogens is 1. The normalized spacial score (nSPS) is 25.7. The summed E-state index contributed by atoms with van der Waals surface area (Å²) in [7, 11) is 0. The molecule has 1 aliphatic heterocycles. The number of ether oxygens (including phenoxy) is 1. The molecule has 2 heterocycles. The van der Waals surface area contributed by atoms with E-state index in [1.165, 1.54) is 10.8 Å². The van der Waals surface area contributed by atoms with Gasteiger partial charge in [0, 0.05) is 23.4 Å². The molecule has 3 N–H and O–H groups in total. The highest BCUT2D eigenvalue weighted by Gasteiger charge is 2.40. The number of hydrogen-bond acceptors (Lipinski definition) is 6. The number of aryl methyl sites for hydroxylation is 1. The van der Waals surface area contributed by atoms with Gasteiger partial charge in [-0.1, -0.05) is 13.3 Å². The Labute approximate surface area is 138 Å². The van der Waals surface area contributed by atoms with Crippen LogP contribution in [0.2, 0.25) is 0 Å². The van der Waals surface area contributed by atoms with E-state index in [1.807, 2.05) is 0 Å². The standard InChI is InChI=1S/C15H24N2O5S/c1-3-4-5-23-11-6-12(22-13(11)10(19)8-18)17-7-9(2)14(20)16-15(17)21/h7,10-13,18-19H,3-6,8H2,1-2H3,(H,16,20,21)/t10?,11?,12?,13-/m1/s1. The first kappa shape index (κ1) is 18.3. The van der Waals surface area contributed by atoms with Gasteiger partial charge in [-0.25, -0.2) is 4.79 Å². The van der Waals surface area contributed by atoms with Crippen molar-refractivity contribution < 1.29 is 14.9 Å². The molecule has 0 bridgehead atoms. The van der Waals surface area contributed by atoms with Crippen molar-refractivity contribution in [1.82, 2.24) is 9.55 Å². The third-order valence-corrected chi connectivity index (χ3v) is 5.38. The molecule has 1 aromatic rings. The second kappa shape index (κ2) is 8.14. The van der Waals surface area contributed by atoms with Crippen LogP contribution in [0.15, 0.2) is 15.8 Å². The Morgan fingerprint density at radius 2 is 2.26 bits per heavy atom. The van der Waals surface area contributed by atoms with Crippen LogP contribution < -0.4 is 11.2 Å². The maximum Gasteiger partial charge on any atom is 0.330 e. The zero-order valence-electron chi connectivity index (χ0n) is 13.4. The fraction of sp³-hybridized carbons (Fsp3) is 0.733. The minimum Gasteiger partial charge on any atom is -0.394 e. The van der Waals surface area contributed by atoms with E-state index in [1.54, 1.807) is 18.7 Å². The third kappa shape index (κ3) is 4.26. The highest BCUT2D eigenvalue weighted by Crippen LogP contribution is 2.37. The molecule has 3 unspecified atom stereocenters. The number of hydrogen-bond donors (Lipinski definition) is 3. The minimum atomic E-state index is -0.987. The average Bonchev–Trinajstić information content (AvgIpc) is 2.94. The van der Waals surface area contributed by atoms with Crippen molar-refractivity contribution in [3.63, 3.8) is 0 Å². The van der Waals surface area contributed by atoms with Gasteiger partial charge >= 0.3 is 5.69 Å². The van der Waals surface area contributed by atoms with Gasteiger partial charge in [-0.05, 0) is 19.1 Å². The molecule has 0 aliphatic carbocycles. The molecule has 0 aromatic carbocycles. The molecule has 130 valence electrons. The summed E-state index contributed by atoms with van der Waals surface area (Å²) in [5.41, 5.74) is -0.512. The van der Waals surface area contributed by atoms with E-state index >= 15 is 0 Å². The SMILES string of the molecule is CCCCSC1CC(n2cc(C)c(=O)[nH]c2=O)O[C@@H]1C(O)CO. The molecule has 8 heteroatoms. The largest absolute Gasteiger partial charge is 0.394 e. The number of unbranched alkanes of at least 4 members (excludes halogenated alkanes) is 1. The quantitative estimate of drug-likeness (QED) is 0.618. The van der Waals surface area contributed by atoms with Crippen LogP contribution in [0.5, 0.6) is 0 Å². The summed E-state index contributed by atoms with van der Waals surface area (Å²) in [6.45, 7) is 3.34. The Bertz CT molecular complexity index is 629. The molecule has 1 saturated heterocycles. The average molecular weight is 344 g/mol. The van der Waals surface area contributed by atoms with Crippen molar-refractivity contribution in [2.75, 3.05) is 12.4 Å². The van der Waals surface area contributed by atoms with E-state index in [0.29, 0.717) is 12.0 Å². The molecule has 2 rings (SSSR count). The summed E-state index contributed by atoms with van der Waals surface area (Å²) in [5.74, 6) is 0.936. The maximum atomic E-state index is 12.0. The van der Waals surface area contributed by atoms with Gasteiger partial charge < -0.3 is 14.9 Å². The highest BCUT2D eigenvalue weighted by molar-refractivity contribution is 7.99. The lowest BCUT2D eigenvalue weighted by molar-refractivity contribution is -0.0741. The van der Waals surface area contributed by atoms with Crippen molar-refractivity contribution in [3.8, 4) is 0 Å². The maximum absolute atomic E-state index is 12.0. The lowest BCUT2D eigenvalue weighted by atomic mass is 10.1. The van der Waals surface area contributed by atoms with Gasteiger partial charge in [0.1, 0.15) is 18.4 Å². The van der Waals surface area contributed by atoms with Crippen molar-refractivity contribution in [3.05, 3.63) is 32.6 Å². The van der Waals surface area contributed by atoms with Crippen LogP contribution >= 0.6 is 11.8 Å². The number of rotatable bonds is 7. The molecule has 23 heavy (non-hydrogen) atoms. The third-order valence-electron chi connectivity index (χ3n) is 3.97. The van der Waals surface area contributed by atoms with Crippen LogP contribution in [0, 0.1) is 6.92 Å². The van der Waals surface area contributed by atoms with E-state index in [9.17, 15) is 19.8 Å². The molecule has 0 spiro atoms. The molecule has 4 atom stereocenters. The zero-order chi connectivity index (χ0) is 17.0. The fourth-order valence-electron chi connectivity index (χ4n) is 2.62. The van der Waals surface area contributed by atoms with E-state index < -0.39 is 29.7 Å². The van der Waals surface area contributed by atoms with E-state index in [4.69, 9.17) is 4.74 Å². The Kier molecular flexibility index (Phi) is 6.46. The van der Waals surface area contributed by atoms with Crippen molar-refractivity contribution >= 4 is 11.8 Å². The van der Waals surface area contributed by atoms with Gasteiger partial charge in [0.25, 0.3) is 5.56 Å². The molecule has 0 saturated carbocycles. The Hall–Kier alpha value is -1.09. The Morgan fingerprint density at radius 3 is 2.91 bits per heavy atom. The van der Waals surface area contributed by atoms with Crippen LogP contribution in [0.3, 0.4) is 0 Å². The van der Waals surface area contributed by atoms with Gasteiger partial charge in [0.05, 0.1) is 6.61 Å². The van der Waals surface area contributed by atoms with Gasteiger partial charge in [-0.3, -0.25) is 14.3 Å². The summed E-state index contributed by atoms with van der Waals surface area (Å²) in [6, 6.07) is 0. The number of aromatic amines is 1. The topological polar surface area (TPSA) is 105 Å². The second-order valence-corrected chi connectivity index (χ2v) is 7.13. The summed E-state index contributed by atoms with van der Waals surface area (Å²) in [4.78, 5) is 25.7. The van der Waals surface area contributed by atoms with E-state index in [0.717, 1.165) is 18.6 Å². The van der Waals surface area contributed by atoms with Crippen LogP contribution in [-0.2, 0) is 4.74 Å². The first-order chi connectivity index (χ1) is 11.0. The zero-order valence-corrected chi connectivity index (χ0v) is 14.2. The van der Waals surface area contributed by atoms with Gasteiger partial charge in [0.2, 0.25) is 0 Å². The molecule has 0 amide bonds. The van der Waals surface area contributed by atoms with Crippen LogP contribution in [0.1, 0.15) is 38.0 Å². The fourth-order valence-corrected chi connectivity index (χ4v) is 4.11. The summed E-state index contributed by atoms with van der Waals surface area (Å²) in [5, 5.41) is 19.2. The van der Waals surface area contributed by atoms with Crippen LogP contribution in [0.4, 0.5) is 0 Å². The van der Waals surface area contributed by atoms with Gasteiger partial charge in [0.15, 0.2) is 0 Å². The van der Waals surface area contributed by atoms with Crippen molar-refractivity contribution in [2.45, 2.75) is 56.8 Å². The molecule has 7 nitrogen and oxygen atoms in total. The number of nitrogens with zero attached hydrogens (tertiary/aromatic N) is 1. The van der Waals surface area contributed by atoms with Crippen molar-refractivity contribution in [2.24, 2.45) is 0 Å². The molecule has 0 radical (unpaired) electrons. The Morgan fingerprint density at radius 1 is 1.52 bits per heavy atom. The van der Waals surface area contributed by atoms with Crippen LogP contribution in [-0.4, -0.2) is 49.6 Å². The number of thioether (sulfide) groups is 1. The lowest BCUT2D eigenvalue weighted by Crippen LogP contribution is -2.36. The second-order valence-electron chi connectivity index (χ2n) is 5.78. The molecular weight excluding hydrogens is 320 g/mol. The number of nitrogens with one attached hydrogen (secondary N) is 1. The predicted molar refractivity (Wildman–Crippen MR) is 88.8 cm³/mol. The smallest absolute Gasteiger partial charge is 0.330 e.